The van der Waals surface area contributed by atoms with Crippen LogP contribution in [0.15, 0.2) is 24.5 Å². The number of pyridine rings is 1. The molecule has 0 aliphatic carbocycles. The molecule has 3 heterocycles. The number of carbonyl (C=O) groups is 1. The Morgan fingerprint density at radius 2 is 2.17 bits per heavy atom. The minimum atomic E-state index is 0.0683. The zero-order chi connectivity index (χ0) is 16.2. The third kappa shape index (κ3) is 3.70. The van der Waals surface area contributed by atoms with Gasteiger partial charge in [-0.15, -0.1) is 0 Å². The van der Waals surface area contributed by atoms with E-state index in [0.29, 0.717) is 13.0 Å². The molecule has 0 aromatic carbocycles. The fourth-order valence-electron chi connectivity index (χ4n) is 2.99. The maximum absolute atomic E-state index is 12.4. The minimum Gasteiger partial charge on any atom is -0.488 e. The molecular formula is C17H22N4O2. The molecule has 1 unspecified atom stereocenters. The Labute approximate surface area is 135 Å². The molecule has 1 amide bonds. The standard InChI is InChI=1S/C17H22N4O2/c1-12-16(13(2)20-19-12)3-4-17(22)21-10-7-15(11-21)23-14-5-8-18-9-6-14/h5-6,8-9,15H,3-4,7,10-11H2,1-2H3,(H,19,20). The summed E-state index contributed by atoms with van der Waals surface area (Å²) in [6, 6.07) is 3.68. The molecule has 0 spiro atoms. The van der Waals surface area contributed by atoms with Gasteiger partial charge >= 0.3 is 0 Å². The predicted octanol–water partition coefficient (Wildman–Crippen LogP) is 2.03. The van der Waals surface area contributed by atoms with Gasteiger partial charge in [0.25, 0.3) is 0 Å². The van der Waals surface area contributed by atoms with Crippen molar-refractivity contribution in [2.75, 3.05) is 13.1 Å². The lowest BCUT2D eigenvalue weighted by molar-refractivity contribution is -0.130. The summed E-state index contributed by atoms with van der Waals surface area (Å²) >= 11 is 0. The predicted molar refractivity (Wildman–Crippen MR) is 86.2 cm³/mol. The maximum atomic E-state index is 12.4. The van der Waals surface area contributed by atoms with E-state index in [4.69, 9.17) is 4.74 Å². The average molecular weight is 314 g/mol. The fraction of sp³-hybridized carbons (Fsp3) is 0.471. The van der Waals surface area contributed by atoms with Crippen molar-refractivity contribution in [3.63, 3.8) is 0 Å². The number of ether oxygens (including phenoxy) is 1. The molecule has 1 fully saturated rings. The van der Waals surface area contributed by atoms with E-state index < -0.39 is 0 Å². The molecule has 0 radical (unpaired) electrons. The lowest BCUT2D eigenvalue weighted by atomic mass is 10.1. The Kier molecular flexibility index (Phi) is 4.60. The van der Waals surface area contributed by atoms with E-state index in [1.807, 2.05) is 30.9 Å². The van der Waals surface area contributed by atoms with Gasteiger partial charge in [-0.05, 0) is 38.0 Å². The largest absolute Gasteiger partial charge is 0.488 e. The van der Waals surface area contributed by atoms with Crippen molar-refractivity contribution in [3.05, 3.63) is 41.5 Å². The smallest absolute Gasteiger partial charge is 0.223 e. The van der Waals surface area contributed by atoms with Gasteiger partial charge in [0.1, 0.15) is 11.9 Å². The highest BCUT2D eigenvalue weighted by Gasteiger charge is 2.27. The summed E-state index contributed by atoms with van der Waals surface area (Å²) in [4.78, 5) is 18.3. The molecular weight excluding hydrogens is 292 g/mol. The van der Waals surface area contributed by atoms with Gasteiger partial charge in [-0.25, -0.2) is 0 Å². The number of carbonyl (C=O) groups excluding carboxylic acids is 1. The second-order valence-corrected chi connectivity index (χ2v) is 5.96. The number of aromatic nitrogens is 3. The van der Waals surface area contributed by atoms with Crippen molar-refractivity contribution in [1.82, 2.24) is 20.1 Å². The highest BCUT2D eigenvalue weighted by atomic mass is 16.5. The highest BCUT2D eigenvalue weighted by molar-refractivity contribution is 5.76. The number of hydrogen-bond donors (Lipinski definition) is 1. The monoisotopic (exact) mass is 314 g/mol. The molecule has 3 rings (SSSR count). The van der Waals surface area contributed by atoms with E-state index in [1.165, 1.54) is 0 Å². The molecule has 2 aromatic rings. The summed E-state index contributed by atoms with van der Waals surface area (Å²) in [5.41, 5.74) is 3.19. The zero-order valence-electron chi connectivity index (χ0n) is 13.6. The first-order valence-electron chi connectivity index (χ1n) is 7.98. The molecule has 0 saturated carbocycles. The quantitative estimate of drug-likeness (QED) is 0.916. The number of aromatic amines is 1. The lowest BCUT2D eigenvalue weighted by Crippen LogP contribution is -2.31. The van der Waals surface area contributed by atoms with Crippen molar-refractivity contribution in [1.29, 1.82) is 0 Å². The third-order valence-corrected chi connectivity index (χ3v) is 4.32. The number of hydrogen-bond acceptors (Lipinski definition) is 4. The van der Waals surface area contributed by atoms with Crippen LogP contribution < -0.4 is 4.74 Å². The number of nitrogens with zero attached hydrogens (tertiary/aromatic N) is 3. The summed E-state index contributed by atoms with van der Waals surface area (Å²) in [6.45, 7) is 5.38. The fourth-order valence-corrected chi connectivity index (χ4v) is 2.99. The van der Waals surface area contributed by atoms with Crippen LogP contribution >= 0.6 is 0 Å². The number of nitrogens with one attached hydrogen (secondary N) is 1. The minimum absolute atomic E-state index is 0.0683. The second-order valence-electron chi connectivity index (χ2n) is 5.96. The number of likely N-dealkylation sites (tertiary alicyclic amines) is 1. The first-order valence-corrected chi connectivity index (χ1v) is 7.98. The average Bonchev–Trinajstić information content (AvgIpc) is 3.14. The van der Waals surface area contributed by atoms with Crippen molar-refractivity contribution in [2.45, 2.75) is 39.2 Å². The van der Waals surface area contributed by atoms with Gasteiger partial charge in [0, 0.05) is 37.5 Å². The molecule has 2 aromatic heterocycles. The molecule has 1 saturated heterocycles. The lowest BCUT2D eigenvalue weighted by Gasteiger charge is -2.17. The first kappa shape index (κ1) is 15.5. The Morgan fingerprint density at radius 1 is 1.39 bits per heavy atom. The van der Waals surface area contributed by atoms with E-state index in [9.17, 15) is 4.79 Å². The molecule has 1 aliphatic heterocycles. The molecule has 0 bridgehead atoms. The Hall–Kier alpha value is -2.37. The van der Waals surface area contributed by atoms with Gasteiger partial charge in [-0.3, -0.25) is 14.9 Å². The van der Waals surface area contributed by atoms with Crippen molar-refractivity contribution < 1.29 is 9.53 Å². The van der Waals surface area contributed by atoms with Crippen molar-refractivity contribution in [2.24, 2.45) is 0 Å². The van der Waals surface area contributed by atoms with E-state index in [0.717, 1.165) is 42.1 Å². The van der Waals surface area contributed by atoms with Crippen LogP contribution in [-0.4, -0.2) is 45.2 Å². The second kappa shape index (κ2) is 6.81. The van der Waals surface area contributed by atoms with Crippen LogP contribution in [0.25, 0.3) is 0 Å². The van der Waals surface area contributed by atoms with Crippen molar-refractivity contribution in [3.8, 4) is 5.75 Å². The number of rotatable bonds is 5. The van der Waals surface area contributed by atoms with Gasteiger partial charge in [0.2, 0.25) is 5.91 Å². The van der Waals surface area contributed by atoms with Crippen LogP contribution in [0.2, 0.25) is 0 Å². The van der Waals surface area contributed by atoms with Crippen LogP contribution in [0.5, 0.6) is 5.75 Å². The highest BCUT2D eigenvalue weighted by Crippen LogP contribution is 2.19. The van der Waals surface area contributed by atoms with E-state index in [-0.39, 0.29) is 12.0 Å². The molecule has 6 heteroatoms. The van der Waals surface area contributed by atoms with Gasteiger partial charge in [-0.1, -0.05) is 0 Å². The molecule has 6 nitrogen and oxygen atoms in total. The number of H-pyrrole nitrogens is 1. The van der Waals surface area contributed by atoms with Crippen LogP contribution in [0, 0.1) is 13.8 Å². The van der Waals surface area contributed by atoms with Gasteiger partial charge in [0.15, 0.2) is 0 Å². The summed E-state index contributed by atoms with van der Waals surface area (Å²) in [6.07, 6.45) is 5.62. The molecule has 1 aliphatic rings. The van der Waals surface area contributed by atoms with Crippen LogP contribution in [0.1, 0.15) is 29.8 Å². The summed E-state index contributed by atoms with van der Waals surface area (Å²) < 4.78 is 5.90. The number of amides is 1. The molecule has 122 valence electrons. The Balaban J connectivity index is 1.49. The molecule has 1 atom stereocenters. The SMILES string of the molecule is Cc1n[nH]c(C)c1CCC(=O)N1CCC(Oc2ccncc2)C1. The van der Waals surface area contributed by atoms with Crippen LogP contribution in [0.4, 0.5) is 0 Å². The van der Waals surface area contributed by atoms with Gasteiger partial charge in [-0.2, -0.15) is 5.10 Å². The Bertz CT molecular complexity index is 649. The van der Waals surface area contributed by atoms with Gasteiger partial charge in [0.05, 0.1) is 12.2 Å². The summed E-state index contributed by atoms with van der Waals surface area (Å²) in [5, 5.41) is 7.14. The number of aryl methyl sites for hydroxylation is 2. The topological polar surface area (TPSA) is 71.1 Å². The Morgan fingerprint density at radius 3 is 2.87 bits per heavy atom. The van der Waals surface area contributed by atoms with Crippen molar-refractivity contribution >= 4 is 5.91 Å². The van der Waals surface area contributed by atoms with Gasteiger partial charge < -0.3 is 9.64 Å². The van der Waals surface area contributed by atoms with E-state index in [2.05, 4.69) is 15.2 Å². The molecule has 1 N–H and O–H groups in total. The first-order chi connectivity index (χ1) is 11.1. The summed E-state index contributed by atoms with van der Waals surface area (Å²) in [5.74, 6) is 0.995. The van der Waals surface area contributed by atoms with Crippen LogP contribution in [-0.2, 0) is 11.2 Å². The normalized spacial score (nSPS) is 17.5. The third-order valence-electron chi connectivity index (χ3n) is 4.32. The maximum Gasteiger partial charge on any atom is 0.223 e. The van der Waals surface area contributed by atoms with Crippen LogP contribution in [0.3, 0.4) is 0 Å². The summed E-state index contributed by atoms with van der Waals surface area (Å²) in [7, 11) is 0. The zero-order valence-corrected chi connectivity index (χ0v) is 13.6. The van der Waals surface area contributed by atoms with E-state index in [1.54, 1.807) is 12.4 Å². The molecule has 23 heavy (non-hydrogen) atoms. The van der Waals surface area contributed by atoms with E-state index >= 15 is 0 Å².